The number of rotatable bonds is 4. The zero-order valence-electron chi connectivity index (χ0n) is 6.59. The summed E-state index contributed by atoms with van der Waals surface area (Å²) < 4.78 is 0. The van der Waals surface area contributed by atoms with Crippen molar-refractivity contribution in [3.63, 3.8) is 0 Å². The van der Waals surface area contributed by atoms with Crippen LogP contribution < -0.4 is 0 Å². The molecular formula is C10H15. The van der Waals surface area contributed by atoms with Crippen molar-refractivity contribution in [2.45, 2.75) is 19.8 Å². The first-order valence-electron chi connectivity index (χ1n) is 3.69. The van der Waals surface area contributed by atoms with Crippen LogP contribution in [0.15, 0.2) is 36.5 Å². The lowest BCUT2D eigenvalue weighted by Gasteiger charge is -1.78. The Bertz CT molecular complexity index is 127. The molecule has 1 radical (unpaired) electrons. The summed E-state index contributed by atoms with van der Waals surface area (Å²) in [6, 6.07) is 0. The van der Waals surface area contributed by atoms with Crippen LogP contribution in [0.4, 0.5) is 0 Å². The van der Waals surface area contributed by atoms with E-state index in [0.717, 1.165) is 0 Å². The lowest BCUT2D eigenvalue weighted by atomic mass is 10.3. The van der Waals surface area contributed by atoms with Gasteiger partial charge in [0.1, 0.15) is 0 Å². The fourth-order valence-electron chi connectivity index (χ4n) is 0.548. The van der Waals surface area contributed by atoms with Gasteiger partial charge >= 0.3 is 0 Å². The Balaban J connectivity index is 3.32. The number of hydrogen-bond acceptors (Lipinski definition) is 0. The van der Waals surface area contributed by atoms with Crippen LogP contribution in [0.1, 0.15) is 19.8 Å². The van der Waals surface area contributed by atoms with Crippen LogP contribution in [-0.2, 0) is 0 Å². The normalized spacial score (nSPS) is 12.6. The van der Waals surface area contributed by atoms with E-state index < -0.39 is 0 Å². The van der Waals surface area contributed by atoms with Crippen molar-refractivity contribution in [3.8, 4) is 0 Å². The minimum absolute atomic E-state index is 1.17. The second-order valence-electron chi connectivity index (χ2n) is 2.03. The lowest BCUT2D eigenvalue weighted by molar-refractivity contribution is 0.959. The Morgan fingerprint density at radius 2 is 1.80 bits per heavy atom. The Labute approximate surface area is 64.0 Å². The van der Waals surface area contributed by atoms with Crippen molar-refractivity contribution in [2.24, 2.45) is 0 Å². The van der Waals surface area contributed by atoms with E-state index in [4.69, 9.17) is 0 Å². The highest BCUT2D eigenvalue weighted by molar-refractivity contribution is 5.11. The van der Waals surface area contributed by atoms with Crippen LogP contribution >= 0.6 is 0 Å². The number of hydrogen-bond donors (Lipinski definition) is 0. The highest BCUT2D eigenvalue weighted by atomic mass is 13.7. The van der Waals surface area contributed by atoms with Crippen LogP contribution in [-0.4, -0.2) is 0 Å². The van der Waals surface area contributed by atoms with Crippen molar-refractivity contribution in [2.75, 3.05) is 0 Å². The molecule has 0 atom stereocenters. The van der Waals surface area contributed by atoms with Crippen LogP contribution in [0.5, 0.6) is 0 Å². The van der Waals surface area contributed by atoms with Gasteiger partial charge in [0.2, 0.25) is 0 Å². The van der Waals surface area contributed by atoms with Gasteiger partial charge in [-0.15, -0.1) is 0 Å². The molecule has 0 nitrogen and oxygen atoms in total. The summed E-state index contributed by atoms with van der Waals surface area (Å²) in [5.74, 6) is 0. The largest absolute Gasteiger partial charge is 0.0845 e. The molecule has 0 heterocycles. The summed E-state index contributed by atoms with van der Waals surface area (Å²) >= 11 is 0. The molecule has 0 aliphatic heterocycles. The average molecular weight is 135 g/mol. The van der Waals surface area contributed by atoms with Crippen LogP contribution in [0, 0.1) is 6.92 Å². The van der Waals surface area contributed by atoms with Gasteiger partial charge in [0.15, 0.2) is 0 Å². The van der Waals surface area contributed by atoms with Gasteiger partial charge in [-0.3, -0.25) is 0 Å². The van der Waals surface area contributed by atoms with Crippen molar-refractivity contribution < 1.29 is 0 Å². The van der Waals surface area contributed by atoms with Gasteiger partial charge < -0.3 is 0 Å². The van der Waals surface area contributed by atoms with E-state index in [9.17, 15) is 0 Å². The molecule has 0 aromatic rings. The smallest absolute Gasteiger partial charge is 0.0313 e. The third-order valence-corrected chi connectivity index (χ3v) is 1.06. The fourth-order valence-corrected chi connectivity index (χ4v) is 0.548. The van der Waals surface area contributed by atoms with E-state index in [1.807, 2.05) is 18.2 Å². The first-order valence-corrected chi connectivity index (χ1v) is 3.69. The van der Waals surface area contributed by atoms with Gasteiger partial charge in [-0.25, -0.2) is 0 Å². The fraction of sp³-hybridized carbons (Fsp3) is 0.300. The summed E-state index contributed by atoms with van der Waals surface area (Å²) in [4.78, 5) is 0. The third kappa shape index (κ3) is 7.22. The van der Waals surface area contributed by atoms with E-state index in [1.54, 1.807) is 6.08 Å². The van der Waals surface area contributed by atoms with Crippen molar-refractivity contribution >= 4 is 0 Å². The molecule has 0 aliphatic rings. The summed E-state index contributed by atoms with van der Waals surface area (Å²) in [5.41, 5.74) is 0. The molecule has 0 N–H and O–H groups in total. The van der Waals surface area contributed by atoms with Crippen LogP contribution in [0.25, 0.3) is 0 Å². The molecule has 0 fully saturated rings. The molecule has 0 rings (SSSR count). The molecule has 0 aromatic carbocycles. The average Bonchev–Trinajstić information content (AvgIpc) is 1.97. The van der Waals surface area contributed by atoms with E-state index in [2.05, 4.69) is 26.0 Å². The molecule has 0 saturated carbocycles. The maximum atomic E-state index is 3.56. The van der Waals surface area contributed by atoms with Gasteiger partial charge in [-0.1, -0.05) is 49.8 Å². The molecule has 0 bridgehead atoms. The molecule has 10 heavy (non-hydrogen) atoms. The predicted molar refractivity (Wildman–Crippen MR) is 47.7 cm³/mol. The molecule has 0 heteroatoms. The second kappa shape index (κ2) is 8.22. The van der Waals surface area contributed by atoms with Crippen molar-refractivity contribution in [3.05, 3.63) is 43.4 Å². The quantitative estimate of drug-likeness (QED) is 0.519. The molecular weight excluding hydrogens is 120 g/mol. The van der Waals surface area contributed by atoms with Gasteiger partial charge in [0.25, 0.3) is 0 Å². The van der Waals surface area contributed by atoms with E-state index >= 15 is 0 Å². The molecule has 0 aliphatic carbocycles. The molecule has 55 valence electrons. The number of unbranched alkanes of at least 4 members (excludes halogenated alkanes) is 1. The summed E-state index contributed by atoms with van der Waals surface area (Å²) in [7, 11) is 0. The summed E-state index contributed by atoms with van der Waals surface area (Å²) in [6.45, 7) is 5.73. The molecule has 0 amide bonds. The highest BCUT2D eigenvalue weighted by Gasteiger charge is 1.67. The zero-order valence-corrected chi connectivity index (χ0v) is 6.59. The third-order valence-electron chi connectivity index (χ3n) is 1.06. The van der Waals surface area contributed by atoms with E-state index in [-0.39, 0.29) is 0 Å². The maximum Gasteiger partial charge on any atom is -0.0313 e. The highest BCUT2D eigenvalue weighted by Crippen LogP contribution is 1.88. The minimum Gasteiger partial charge on any atom is -0.0845 e. The predicted octanol–water partition coefficient (Wildman–Crippen LogP) is 3.29. The first-order chi connectivity index (χ1) is 4.91. The topological polar surface area (TPSA) is 0 Å². The van der Waals surface area contributed by atoms with Gasteiger partial charge in [0.05, 0.1) is 0 Å². The van der Waals surface area contributed by atoms with E-state index in [1.165, 1.54) is 12.8 Å². The van der Waals surface area contributed by atoms with Gasteiger partial charge in [-0.05, 0) is 13.3 Å². The Kier molecular flexibility index (Phi) is 7.58. The Hall–Kier alpha value is -0.780. The first kappa shape index (κ1) is 9.22. The monoisotopic (exact) mass is 135 g/mol. The van der Waals surface area contributed by atoms with Crippen molar-refractivity contribution in [1.29, 1.82) is 0 Å². The minimum atomic E-state index is 1.17. The Morgan fingerprint density at radius 1 is 1.10 bits per heavy atom. The lowest BCUT2D eigenvalue weighted by Crippen LogP contribution is -1.58. The van der Waals surface area contributed by atoms with Crippen LogP contribution in [0.2, 0.25) is 0 Å². The summed E-state index contributed by atoms with van der Waals surface area (Å²) in [5, 5.41) is 0. The van der Waals surface area contributed by atoms with Crippen LogP contribution in [0.3, 0.4) is 0 Å². The molecule has 0 aromatic heterocycles. The maximum absolute atomic E-state index is 3.56. The van der Waals surface area contributed by atoms with Gasteiger partial charge in [-0.2, -0.15) is 0 Å². The molecule has 0 saturated heterocycles. The molecule has 0 unspecified atom stereocenters. The second-order valence-corrected chi connectivity index (χ2v) is 2.03. The van der Waals surface area contributed by atoms with Gasteiger partial charge in [0, 0.05) is 0 Å². The number of allylic oxidation sites excluding steroid dienone is 6. The van der Waals surface area contributed by atoms with E-state index in [0.29, 0.717) is 0 Å². The SMILES string of the molecule is [CH2]C=CC=CC=CCCC. The Morgan fingerprint density at radius 3 is 2.40 bits per heavy atom. The standard InChI is InChI=1S/C10H15/c1-3-5-7-9-10-8-6-4-2/h3,5,7-10H,1,4,6H2,2H3. The van der Waals surface area contributed by atoms with Crippen molar-refractivity contribution in [1.82, 2.24) is 0 Å². The summed E-state index contributed by atoms with van der Waals surface area (Å²) in [6.07, 6.45) is 14.3. The molecule has 0 spiro atoms. The zero-order chi connectivity index (χ0) is 7.66.